The second-order valence-corrected chi connectivity index (χ2v) is 10.5. The molecular formula is C16H8Cl6O9. The molecule has 15 heteroatoms. The van der Waals surface area contributed by atoms with Crippen LogP contribution in [0.15, 0.2) is 27.4 Å². The summed E-state index contributed by atoms with van der Waals surface area (Å²) in [5, 5.41) is 0.132. The summed E-state index contributed by atoms with van der Waals surface area (Å²) >= 11 is 32.9. The van der Waals surface area contributed by atoms with E-state index in [2.05, 4.69) is 9.47 Å². The maximum atomic E-state index is 11.9. The van der Waals surface area contributed by atoms with Gasteiger partial charge >= 0.3 is 17.9 Å². The summed E-state index contributed by atoms with van der Waals surface area (Å²) in [6.45, 7) is -1.32. The first-order chi connectivity index (χ1) is 14.3. The molecule has 0 radical (unpaired) electrons. The van der Waals surface area contributed by atoms with Crippen molar-refractivity contribution in [1.29, 1.82) is 0 Å². The predicted octanol–water partition coefficient (Wildman–Crippen LogP) is 5.38. The normalized spacial score (nSPS) is 11.7. The maximum absolute atomic E-state index is 11.9. The topological polar surface area (TPSA) is 118 Å². The van der Waals surface area contributed by atoms with Crippen LogP contribution in [0.2, 0.25) is 0 Å². The van der Waals surface area contributed by atoms with Crippen LogP contribution in [-0.2, 0) is 9.47 Å². The van der Waals surface area contributed by atoms with Gasteiger partial charge in [-0.25, -0.2) is 14.4 Å². The third-order valence-electron chi connectivity index (χ3n) is 3.05. The molecule has 1 aromatic heterocycles. The molecule has 2 rings (SSSR count). The Kier molecular flexibility index (Phi) is 8.54. The lowest BCUT2D eigenvalue weighted by Gasteiger charge is -2.14. The third-order valence-corrected chi connectivity index (χ3v) is 3.70. The van der Waals surface area contributed by atoms with Crippen LogP contribution in [0.5, 0.6) is 11.5 Å². The number of hydrogen-bond donors (Lipinski definition) is 0. The highest BCUT2D eigenvalue weighted by molar-refractivity contribution is 6.68. The summed E-state index contributed by atoms with van der Waals surface area (Å²) < 4.78 is 20.2. The van der Waals surface area contributed by atoms with Crippen LogP contribution in [-0.4, -0.2) is 39.4 Å². The second kappa shape index (κ2) is 10.3. The highest BCUT2D eigenvalue weighted by Gasteiger charge is 2.26. The van der Waals surface area contributed by atoms with Crippen molar-refractivity contribution in [3.8, 4) is 11.5 Å². The first-order valence-electron chi connectivity index (χ1n) is 7.67. The molecule has 0 amide bonds. The molecule has 1 heterocycles. The van der Waals surface area contributed by atoms with E-state index in [9.17, 15) is 19.2 Å². The largest absolute Gasteiger partial charge is 0.514 e. The quantitative estimate of drug-likeness (QED) is 0.157. The van der Waals surface area contributed by atoms with Gasteiger partial charge in [0.05, 0.1) is 0 Å². The number of fused-ring (bicyclic) bond motifs is 1. The summed E-state index contributed by atoms with van der Waals surface area (Å²) in [5.74, 6) is -0.854. The maximum Gasteiger partial charge on any atom is 0.514 e. The van der Waals surface area contributed by atoms with Crippen molar-refractivity contribution in [3.05, 3.63) is 34.2 Å². The zero-order valence-electron chi connectivity index (χ0n) is 14.7. The van der Waals surface area contributed by atoms with Gasteiger partial charge in [-0.15, -0.1) is 0 Å². The Labute approximate surface area is 202 Å². The van der Waals surface area contributed by atoms with Crippen LogP contribution < -0.4 is 15.1 Å². The number of halogens is 6. The summed E-state index contributed by atoms with van der Waals surface area (Å²) in [6, 6.07) is 3.28. The molecule has 0 fully saturated rings. The van der Waals surface area contributed by atoms with Gasteiger partial charge in [0.2, 0.25) is 7.59 Å². The highest BCUT2D eigenvalue weighted by atomic mass is 35.6. The van der Waals surface area contributed by atoms with Crippen LogP contribution in [0, 0.1) is 0 Å². The molecule has 0 saturated heterocycles. The minimum atomic E-state index is -1.92. The summed E-state index contributed by atoms with van der Waals surface area (Å²) in [7, 11) is 0. The molecule has 2 aromatic rings. The number of aldehydes is 1. The fourth-order valence-electron chi connectivity index (χ4n) is 1.91. The van der Waals surface area contributed by atoms with Crippen LogP contribution in [0.4, 0.5) is 9.59 Å². The first-order valence-corrected chi connectivity index (χ1v) is 9.94. The Hall–Kier alpha value is -1.62. The second-order valence-electron chi connectivity index (χ2n) is 5.46. The summed E-state index contributed by atoms with van der Waals surface area (Å²) in [6.07, 6.45) is -2.42. The summed E-state index contributed by atoms with van der Waals surface area (Å²) in [5.41, 5.74) is -1.39. The van der Waals surface area contributed by atoms with E-state index in [0.29, 0.717) is 0 Å². The Morgan fingerprint density at radius 2 is 1.35 bits per heavy atom. The first kappa shape index (κ1) is 25.6. The lowest BCUT2D eigenvalue weighted by Crippen LogP contribution is -2.21. The van der Waals surface area contributed by atoms with E-state index in [-0.39, 0.29) is 22.8 Å². The number of hydrogen-bond acceptors (Lipinski definition) is 9. The van der Waals surface area contributed by atoms with E-state index in [1.807, 2.05) is 0 Å². The van der Waals surface area contributed by atoms with Crippen molar-refractivity contribution < 1.29 is 37.7 Å². The zero-order chi connectivity index (χ0) is 23.4. The van der Waals surface area contributed by atoms with Gasteiger partial charge in [0, 0.05) is 11.5 Å². The molecule has 0 spiro atoms. The molecule has 0 unspecified atom stereocenters. The van der Waals surface area contributed by atoms with E-state index in [1.54, 1.807) is 0 Å². The predicted molar refractivity (Wildman–Crippen MR) is 112 cm³/mol. The van der Waals surface area contributed by atoms with Crippen LogP contribution >= 0.6 is 69.6 Å². The van der Waals surface area contributed by atoms with Crippen LogP contribution in [0.25, 0.3) is 11.0 Å². The number of ether oxygens (including phenoxy) is 4. The van der Waals surface area contributed by atoms with Crippen molar-refractivity contribution in [1.82, 2.24) is 0 Å². The van der Waals surface area contributed by atoms with Gasteiger partial charge in [0.25, 0.3) is 0 Å². The number of rotatable bonds is 5. The fraction of sp³-hybridized carbons (Fsp3) is 0.250. The molecule has 0 bridgehead atoms. The van der Waals surface area contributed by atoms with Gasteiger partial charge in [-0.3, -0.25) is 4.79 Å². The molecule has 0 N–H and O–H groups in total. The van der Waals surface area contributed by atoms with Gasteiger partial charge in [-0.2, -0.15) is 0 Å². The monoisotopic (exact) mass is 554 g/mol. The fourth-order valence-corrected chi connectivity index (χ4v) is 2.23. The molecule has 1 aromatic carbocycles. The average Bonchev–Trinajstić information content (AvgIpc) is 2.64. The molecule has 0 aliphatic rings. The van der Waals surface area contributed by atoms with Crippen molar-refractivity contribution in [2.45, 2.75) is 7.59 Å². The zero-order valence-corrected chi connectivity index (χ0v) is 19.2. The van der Waals surface area contributed by atoms with Crippen molar-refractivity contribution in [2.24, 2.45) is 0 Å². The van der Waals surface area contributed by atoms with Gasteiger partial charge in [0.1, 0.15) is 24.4 Å². The average molecular weight is 557 g/mol. The Bertz CT molecular complexity index is 1050. The molecule has 0 atom stereocenters. The number of carbonyl (C=O) groups is 3. The van der Waals surface area contributed by atoms with Crippen molar-refractivity contribution >= 4 is 99.2 Å². The van der Waals surface area contributed by atoms with E-state index in [0.717, 1.165) is 18.2 Å². The molecule has 0 aliphatic carbocycles. The number of benzene rings is 1. The standard InChI is InChI=1S/C16H8Cl6O9/c17-15(18,19)5-27-13(25)30-10-2-7-1-8(4-23)12(24)29-9(7)3-11(10)31-14(26)28-6-16(20,21)22/h1-4H,5-6H2. The molecule has 31 heavy (non-hydrogen) atoms. The summed E-state index contributed by atoms with van der Waals surface area (Å²) in [4.78, 5) is 46.5. The smallest absolute Gasteiger partial charge is 0.429 e. The van der Waals surface area contributed by atoms with E-state index < -0.39 is 50.2 Å². The van der Waals surface area contributed by atoms with Crippen molar-refractivity contribution in [2.75, 3.05) is 13.2 Å². The third kappa shape index (κ3) is 8.44. The molecule has 0 aliphatic heterocycles. The van der Waals surface area contributed by atoms with E-state index in [4.69, 9.17) is 83.5 Å². The highest BCUT2D eigenvalue weighted by Crippen LogP contribution is 2.34. The Balaban J connectivity index is 2.37. The lowest BCUT2D eigenvalue weighted by molar-refractivity contribution is 0.0910. The molecule has 9 nitrogen and oxygen atoms in total. The van der Waals surface area contributed by atoms with Crippen molar-refractivity contribution in [3.63, 3.8) is 0 Å². The van der Waals surface area contributed by atoms with Gasteiger partial charge < -0.3 is 23.4 Å². The minimum Gasteiger partial charge on any atom is -0.429 e. The lowest BCUT2D eigenvalue weighted by atomic mass is 10.2. The number of alkyl halides is 6. The number of carbonyl (C=O) groups excluding carboxylic acids is 3. The van der Waals surface area contributed by atoms with E-state index >= 15 is 0 Å². The molecule has 168 valence electrons. The Morgan fingerprint density at radius 3 is 1.81 bits per heavy atom. The van der Waals surface area contributed by atoms with Gasteiger partial charge in [-0.05, 0) is 12.1 Å². The minimum absolute atomic E-state index is 0.123. The van der Waals surface area contributed by atoms with E-state index in [1.165, 1.54) is 0 Å². The SMILES string of the molecule is O=Cc1cc2cc(OC(=O)OCC(Cl)(Cl)Cl)c(OC(=O)OCC(Cl)(Cl)Cl)cc2oc1=O. The van der Waals surface area contributed by atoms with Crippen LogP contribution in [0.3, 0.4) is 0 Å². The van der Waals surface area contributed by atoms with Crippen LogP contribution in [0.1, 0.15) is 10.4 Å². The Morgan fingerprint density at radius 1 is 0.871 bits per heavy atom. The molecule has 0 saturated carbocycles. The molecular weight excluding hydrogens is 549 g/mol. The van der Waals surface area contributed by atoms with Gasteiger partial charge in [0.15, 0.2) is 17.8 Å². The van der Waals surface area contributed by atoms with Gasteiger partial charge in [-0.1, -0.05) is 69.6 Å².